The molecule has 1 aliphatic rings. The zero-order valence-electron chi connectivity index (χ0n) is 17.8. The first kappa shape index (κ1) is 22.0. The van der Waals surface area contributed by atoms with E-state index in [1.165, 1.54) is 23.5 Å². The number of amides is 1. The number of hydrogen-bond donors (Lipinski definition) is 1. The number of hydrogen-bond acceptors (Lipinski definition) is 7. The molecule has 1 N–H and O–H groups in total. The molecular weight excluding hydrogens is 432 g/mol. The molecule has 0 spiro atoms. The molecular formula is C22H24N4O5S. The monoisotopic (exact) mass is 456 g/mol. The molecule has 10 heteroatoms. The van der Waals surface area contributed by atoms with E-state index in [1.54, 1.807) is 37.3 Å². The van der Waals surface area contributed by atoms with Crippen LogP contribution in [0.4, 0.5) is 5.69 Å². The lowest BCUT2D eigenvalue weighted by atomic mass is 9.98. The van der Waals surface area contributed by atoms with Crippen molar-refractivity contribution in [3.8, 4) is 17.1 Å². The van der Waals surface area contributed by atoms with Crippen LogP contribution < -0.4 is 10.1 Å². The standard InChI is InChI=1S/C22H24N4O5S/c1-15-23-21(25-31-15)19-7-3-4-8-20(19)24-22(27)16-6-5-13-26(14-16)32(28,29)18-11-9-17(30-2)10-12-18/h3-4,7-12,16H,5-6,13-14H2,1-2H3,(H,24,27). The molecule has 1 amide bonds. The summed E-state index contributed by atoms with van der Waals surface area (Å²) in [6.07, 6.45) is 1.20. The average molecular weight is 457 g/mol. The van der Waals surface area contributed by atoms with Crippen molar-refractivity contribution in [1.29, 1.82) is 0 Å². The largest absolute Gasteiger partial charge is 0.497 e. The van der Waals surface area contributed by atoms with Crippen molar-refractivity contribution in [2.75, 3.05) is 25.5 Å². The van der Waals surface area contributed by atoms with Crippen LogP contribution >= 0.6 is 0 Å². The van der Waals surface area contributed by atoms with Crippen LogP contribution in [0.25, 0.3) is 11.4 Å². The fourth-order valence-corrected chi connectivity index (χ4v) is 5.23. The van der Waals surface area contributed by atoms with Crippen LogP contribution in [0, 0.1) is 12.8 Å². The third-order valence-corrected chi connectivity index (χ3v) is 7.28. The van der Waals surface area contributed by atoms with E-state index in [0.717, 1.165) is 0 Å². The summed E-state index contributed by atoms with van der Waals surface area (Å²) in [4.78, 5) is 17.4. The minimum absolute atomic E-state index is 0.115. The maximum Gasteiger partial charge on any atom is 0.243 e. The van der Waals surface area contributed by atoms with Gasteiger partial charge in [0.2, 0.25) is 27.6 Å². The van der Waals surface area contributed by atoms with Gasteiger partial charge in [0, 0.05) is 25.6 Å². The minimum atomic E-state index is -3.71. The molecule has 1 aliphatic heterocycles. The van der Waals surface area contributed by atoms with Crippen molar-refractivity contribution in [2.24, 2.45) is 5.92 Å². The van der Waals surface area contributed by atoms with Crippen LogP contribution in [0.5, 0.6) is 5.75 Å². The van der Waals surface area contributed by atoms with Crippen LogP contribution in [0.1, 0.15) is 18.7 Å². The second-order valence-corrected chi connectivity index (χ2v) is 9.49. The van der Waals surface area contributed by atoms with Crippen molar-refractivity contribution >= 4 is 21.6 Å². The molecule has 0 aliphatic carbocycles. The molecule has 9 nitrogen and oxygen atoms in total. The van der Waals surface area contributed by atoms with E-state index < -0.39 is 15.9 Å². The van der Waals surface area contributed by atoms with E-state index in [-0.39, 0.29) is 17.3 Å². The number of benzene rings is 2. The minimum Gasteiger partial charge on any atom is -0.497 e. The number of nitrogens with zero attached hydrogens (tertiary/aromatic N) is 3. The topological polar surface area (TPSA) is 115 Å². The highest BCUT2D eigenvalue weighted by molar-refractivity contribution is 7.89. The third kappa shape index (κ3) is 4.51. The molecule has 1 atom stereocenters. The molecule has 0 bridgehead atoms. The second-order valence-electron chi connectivity index (χ2n) is 7.55. The first-order valence-electron chi connectivity index (χ1n) is 10.2. The van der Waals surface area contributed by atoms with Gasteiger partial charge in [0.1, 0.15) is 5.75 Å². The summed E-state index contributed by atoms with van der Waals surface area (Å²) in [5.41, 5.74) is 1.18. The van der Waals surface area contributed by atoms with Gasteiger partial charge < -0.3 is 14.6 Å². The van der Waals surface area contributed by atoms with Crippen LogP contribution in [-0.2, 0) is 14.8 Å². The Kier molecular flexibility index (Phi) is 6.24. The van der Waals surface area contributed by atoms with Crippen LogP contribution in [0.2, 0.25) is 0 Å². The smallest absolute Gasteiger partial charge is 0.243 e. The van der Waals surface area contributed by atoms with Gasteiger partial charge in [-0.3, -0.25) is 4.79 Å². The summed E-state index contributed by atoms with van der Waals surface area (Å²) >= 11 is 0. The Hall–Kier alpha value is -3.24. The van der Waals surface area contributed by atoms with Crippen molar-refractivity contribution in [1.82, 2.24) is 14.4 Å². The lowest BCUT2D eigenvalue weighted by Crippen LogP contribution is -2.43. The van der Waals surface area contributed by atoms with E-state index in [4.69, 9.17) is 9.26 Å². The third-order valence-electron chi connectivity index (χ3n) is 5.41. The Labute approximate surface area is 186 Å². The van der Waals surface area contributed by atoms with Crippen molar-refractivity contribution < 1.29 is 22.5 Å². The maximum absolute atomic E-state index is 13.1. The van der Waals surface area contributed by atoms with Gasteiger partial charge in [-0.25, -0.2) is 8.42 Å². The highest BCUT2D eigenvalue weighted by Gasteiger charge is 2.33. The van der Waals surface area contributed by atoms with Crippen molar-refractivity contribution in [2.45, 2.75) is 24.7 Å². The molecule has 0 radical (unpaired) electrons. The Morgan fingerprint density at radius 3 is 2.62 bits per heavy atom. The predicted molar refractivity (Wildman–Crippen MR) is 118 cm³/mol. The number of piperidine rings is 1. The van der Waals surface area contributed by atoms with Crippen LogP contribution in [-0.4, -0.2) is 49.0 Å². The number of rotatable bonds is 6. The van der Waals surface area contributed by atoms with Crippen molar-refractivity contribution in [3.05, 3.63) is 54.4 Å². The number of methoxy groups -OCH3 is 1. The van der Waals surface area contributed by atoms with Gasteiger partial charge in [0.05, 0.1) is 23.6 Å². The fraction of sp³-hybridized carbons (Fsp3) is 0.318. The van der Waals surface area contributed by atoms with Gasteiger partial charge in [-0.15, -0.1) is 0 Å². The van der Waals surface area contributed by atoms with E-state index in [0.29, 0.717) is 48.1 Å². The molecule has 2 aromatic carbocycles. The molecule has 1 aromatic heterocycles. The van der Waals surface area contributed by atoms with Gasteiger partial charge in [-0.1, -0.05) is 17.3 Å². The predicted octanol–water partition coefficient (Wildman–Crippen LogP) is 3.09. The Morgan fingerprint density at radius 2 is 1.94 bits per heavy atom. The number of aryl methyl sites for hydroxylation is 1. The number of sulfonamides is 1. The first-order chi connectivity index (χ1) is 15.4. The number of ether oxygens (including phenoxy) is 1. The molecule has 1 saturated heterocycles. The average Bonchev–Trinajstić information content (AvgIpc) is 3.25. The zero-order chi connectivity index (χ0) is 22.7. The quantitative estimate of drug-likeness (QED) is 0.606. The number of para-hydroxylation sites is 1. The number of anilines is 1. The fourth-order valence-electron chi connectivity index (χ4n) is 3.70. The Balaban J connectivity index is 1.50. The van der Waals surface area contributed by atoms with Crippen LogP contribution in [0.3, 0.4) is 0 Å². The van der Waals surface area contributed by atoms with Gasteiger partial charge in [0.25, 0.3) is 0 Å². The summed E-state index contributed by atoms with van der Waals surface area (Å²) in [6.45, 7) is 2.18. The van der Waals surface area contributed by atoms with Gasteiger partial charge in [-0.05, 0) is 49.2 Å². The lowest BCUT2D eigenvalue weighted by Gasteiger charge is -2.31. The van der Waals surface area contributed by atoms with Gasteiger partial charge >= 0.3 is 0 Å². The second kappa shape index (κ2) is 9.09. The maximum atomic E-state index is 13.1. The summed E-state index contributed by atoms with van der Waals surface area (Å²) in [5.74, 6) is 0.665. The summed E-state index contributed by atoms with van der Waals surface area (Å²) in [6, 6.07) is 13.4. The van der Waals surface area contributed by atoms with E-state index in [1.807, 2.05) is 6.07 Å². The van der Waals surface area contributed by atoms with Crippen LogP contribution in [0.15, 0.2) is 57.9 Å². The molecule has 168 valence electrons. The number of carbonyl (C=O) groups is 1. The molecule has 1 unspecified atom stereocenters. The van der Waals surface area contributed by atoms with Gasteiger partial charge in [-0.2, -0.15) is 9.29 Å². The van der Waals surface area contributed by atoms with E-state index in [2.05, 4.69) is 15.5 Å². The Bertz CT molecular complexity index is 1210. The van der Waals surface area contributed by atoms with Crippen molar-refractivity contribution in [3.63, 3.8) is 0 Å². The normalized spacial score (nSPS) is 17.1. The summed E-state index contributed by atoms with van der Waals surface area (Å²) < 4.78 is 37.7. The lowest BCUT2D eigenvalue weighted by molar-refractivity contribution is -0.120. The molecule has 32 heavy (non-hydrogen) atoms. The first-order valence-corrected chi connectivity index (χ1v) is 11.7. The highest BCUT2D eigenvalue weighted by atomic mass is 32.2. The molecule has 1 fully saturated rings. The molecule has 3 aromatic rings. The summed E-state index contributed by atoms with van der Waals surface area (Å²) in [7, 11) is -2.19. The molecule has 4 rings (SSSR count). The van der Waals surface area contributed by atoms with E-state index in [9.17, 15) is 13.2 Å². The number of nitrogens with one attached hydrogen (secondary N) is 1. The highest BCUT2D eigenvalue weighted by Crippen LogP contribution is 2.29. The SMILES string of the molecule is COc1ccc(S(=O)(=O)N2CCCC(C(=O)Nc3ccccc3-c3noc(C)n3)C2)cc1. The zero-order valence-corrected chi connectivity index (χ0v) is 18.6. The molecule has 2 heterocycles. The summed E-state index contributed by atoms with van der Waals surface area (Å²) in [5, 5.41) is 6.84. The Morgan fingerprint density at radius 1 is 1.19 bits per heavy atom. The number of carbonyl (C=O) groups excluding carboxylic acids is 1. The van der Waals surface area contributed by atoms with Gasteiger partial charge in [0.15, 0.2) is 0 Å². The number of aromatic nitrogens is 2. The molecule has 0 saturated carbocycles. The van der Waals surface area contributed by atoms with E-state index >= 15 is 0 Å².